The number of hydrogen-bond donors (Lipinski definition) is 2. The minimum atomic E-state index is -2.80. The second kappa shape index (κ2) is 3.62. The average Bonchev–Trinajstić information content (AvgIpc) is 1.59. The summed E-state index contributed by atoms with van der Waals surface area (Å²) in [5.41, 5.74) is 10.2. The highest BCUT2D eigenvalue weighted by Crippen LogP contribution is 2.43. The van der Waals surface area contributed by atoms with Crippen molar-refractivity contribution in [3.63, 3.8) is 0 Å². The lowest BCUT2D eigenvalue weighted by Gasteiger charge is -2.06. The van der Waals surface area contributed by atoms with E-state index in [1.807, 2.05) is 13.8 Å². The third kappa shape index (κ3) is 8.50. The fourth-order valence-corrected chi connectivity index (χ4v) is 2.39. The van der Waals surface area contributed by atoms with Crippen molar-refractivity contribution < 1.29 is 4.57 Å². The van der Waals surface area contributed by atoms with Crippen LogP contribution in [0.25, 0.3) is 0 Å². The molecule has 0 aromatic heterocycles. The summed E-state index contributed by atoms with van der Waals surface area (Å²) in [6.07, 6.45) is 0. The van der Waals surface area contributed by atoms with Gasteiger partial charge in [0.2, 0.25) is 0 Å². The molecule has 0 heterocycles. The predicted molar refractivity (Wildman–Crippen MR) is 43.3 cm³/mol. The molecule has 0 saturated carbocycles. The van der Waals surface area contributed by atoms with Gasteiger partial charge < -0.3 is 0 Å². The molecular weight excluding hydrogens is 155 g/mol. The summed E-state index contributed by atoms with van der Waals surface area (Å²) in [6.45, 7) is 1.26. The highest BCUT2D eigenvalue weighted by Gasteiger charge is 2.08. The molecule has 5 heteroatoms. The zero-order valence-electron chi connectivity index (χ0n) is 5.70. The lowest BCUT2D eigenvalue weighted by molar-refractivity contribution is 0.586. The van der Waals surface area contributed by atoms with Crippen LogP contribution in [0.5, 0.6) is 0 Å². The van der Waals surface area contributed by atoms with Crippen molar-refractivity contribution in [2.24, 2.45) is 16.9 Å². The quantitative estimate of drug-likeness (QED) is 0.625. The third-order valence-electron chi connectivity index (χ3n) is 0.610. The number of hydrogen-bond acceptors (Lipinski definition) is 2. The zero-order chi connectivity index (χ0) is 7.49. The highest BCUT2D eigenvalue weighted by atomic mass is 32.7. The highest BCUT2D eigenvalue weighted by molar-refractivity contribution is 8.56. The third-order valence-corrected chi connectivity index (χ3v) is 3.49. The van der Waals surface area contributed by atoms with Crippen LogP contribution in [0.1, 0.15) is 13.8 Å². The topological polar surface area (TPSA) is 69.1 Å². The molecule has 56 valence electrons. The summed E-state index contributed by atoms with van der Waals surface area (Å²) in [5.74, 6) is 1.26. The molecule has 0 aliphatic rings. The summed E-state index contributed by atoms with van der Waals surface area (Å²) in [6, 6.07) is 0. The Morgan fingerprint density at radius 2 is 2.00 bits per heavy atom. The van der Waals surface area contributed by atoms with Crippen LogP contribution >= 0.6 is 18.0 Å². The second-order valence-corrected chi connectivity index (χ2v) is 6.70. The number of rotatable bonds is 3. The van der Waals surface area contributed by atoms with Crippen LogP contribution in [0.3, 0.4) is 0 Å². The van der Waals surface area contributed by atoms with Crippen molar-refractivity contribution in [3.8, 4) is 0 Å². The molecule has 0 spiro atoms. The van der Waals surface area contributed by atoms with Gasteiger partial charge in [-0.15, -0.1) is 0 Å². The Hall–Kier alpha value is 0.500. The Kier molecular flexibility index (Phi) is 3.82. The minimum Gasteiger partial charge on any atom is -0.277 e. The molecular formula is C4H13N2OPS. The zero-order valence-corrected chi connectivity index (χ0v) is 7.41. The van der Waals surface area contributed by atoms with E-state index in [0.717, 1.165) is 17.1 Å². The first-order chi connectivity index (χ1) is 3.92. The molecule has 0 atom stereocenters. The van der Waals surface area contributed by atoms with Gasteiger partial charge in [-0.2, -0.15) is 0 Å². The molecule has 3 nitrogen and oxygen atoms in total. The molecule has 0 aromatic carbocycles. The minimum absolute atomic E-state index is 0.496. The lowest BCUT2D eigenvalue weighted by Crippen LogP contribution is -2.02. The lowest BCUT2D eigenvalue weighted by atomic mass is 10.3. The Balaban J connectivity index is 3.40. The van der Waals surface area contributed by atoms with E-state index in [2.05, 4.69) is 0 Å². The van der Waals surface area contributed by atoms with Gasteiger partial charge in [0, 0.05) is 5.75 Å². The Morgan fingerprint density at radius 1 is 1.56 bits per heavy atom. The maximum atomic E-state index is 10.6. The van der Waals surface area contributed by atoms with E-state index in [4.69, 9.17) is 11.0 Å². The van der Waals surface area contributed by atoms with Gasteiger partial charge >= 0.3 is 0 Å². The van der Waals surface area contributed by atoms with Crippen LogP contribution in [0, 0.1) is 5.92 Å². The van der Waals surface area contributed by atoms with E-state index < -0.39 is 6.65 Å². The molecule has 0 aliphatic carbocycles. The fourth-order valence-electron chi connectivity index (χ4n) is 0.266. The van der Waals surface area contributed by atoms with Gasteiger partial charge in [-0.25, -0.2) is 0 Å². The molecule has 0 amide bonds. The normalized spacial score (nSPS) is 12.6. The van der Waals surface area contributed by atoms with E-state index in [-0.39, 0.29) is 0 Å². The maximum absolute atomic E-state index is 10.6. The van der Waals surface area contributed by atoms with Crippen LogP contribution in [0.2, 0.25) is 0 Å². The van der Waals surface area contributed by atoms with Crippen LogP contribution in [-0.4, -0.2) is 5.75 Å². The van der Waals surface area contributed by atoms with Crippen molar-refractivity contribution in [2.45, 2.75) is 13.8 Å². The van der Waals surface area contributed by atoms with Gasteiger partial charge in [0.1, 0.15) is 0 Å². The molecule has 0 radical (unpaired) electrons. The van der Waals surface area contributed by atoms with Crippen molar-refractivity contribution in [3.05, 3.63) is 0 Å². The predicted octanol–water partition coefficient (Wildman–Crippen LogP) is 1.40. The maximum Gasteiger partial charge on any atom is 0.261 e. The first kappa shape index (κ1) is 9.50. The van der Waals surface area contributed by atoms with E-state index in [1.165, 1.54) is 0 Å². The van der Waals surface area contributed by atoms with E-state index >= 15 is 0 Å². The number of nitrogens with two attached hydrogens (primary N) is 2. The molecule has 0 rings (SSSR count). The SMILES string of the molecule is CC(C)CSP(N)(N)=O. The van der Waals surface area contributed by atoms with E-state index in [0.29, 0.717) is 5.92 Å². The van der Waals surface area contributed by atoms with Gasteiger partial charge in [-0.1, -0.05) is 25.2 Å². The summed E-state index contributed by atoms with van der Waals surface area (Å²) < 4.78 is 10.6. The second-order valence-electron chi connectivity index (χ2n) is 2.33. The van der Waals surface area contributed by atoms with Gasteiger partial charge in [-0.3, -0.25) is 15.6 Å². The fraction of sp³-hybridized carbons (Fsp3) is 1.00. The van der Waals surface area contributed by atoms with Crippen molar-refractivity contribution in [2.75, 3.05) is 5.75 Å². The van der Waals surface area contributed by atoms with Crippen LogP contribution in [0.4, 0.5) is 0 Å². The van der Waals surface area contributed by atoms with Crippen LogP contribution < -0.4 is 11.0 Å². The summed E-state index contributed by atoms with van der Waals surface area (Å²) in [4.78, 5) is 0. The Labute approximate surface area is 59.8 Å². The van der Waals surface area contributed by atoms with Gasteiger partial charge in [0.05, 0.1) is 0 Å². The van der Waals surface area contributed by atoms with Crippen molar-refractivity contribution >= 4 is 18.0 Å². The Bertz CT molecular complexity index is 122. The molecule has 0 fully saturated rings. The summed E-state index contributed by atoms with van der Waals surface area (Å²) >= 11 is 1.15. The van der Waals surface area contributed by atoms with Crippen molar-refractivity contribution in [1.29, 1.82) is 0 Å². The van der Waals surface area contributed by atoms with E-state index in [1.54, 1.807) is 0 Å². The van der Waals surface area contributed by atoms with E-state index in [9.17, 15) is 4.57 Å². The van der Waals surface area contributed by atoms with Crippen LogP contribution in [0.15, 0.2) is 0 Å². The first-order valence-electron chi connectivity index (χ1n) is 2.73. The average molecular weight is 168 g/mol. The molecule has 0 bridgehead atoms. The Morgan fingerprint density at radius 3 is 2.11 bits per heavy atom. The standard InChI is InChI=1S/C4H13N2OPS/c1-4(2)3-9-8(5,6)7/h4H,3H2,1-2H3,(H4,5,6,7). The summed E-state index contributed by atoms with van der Waals surface area (Å²) in [7, 11) is 0. The molecule has 0 aromatic rings. The molecule has 9 heavy (non-hydrogen) atoms. The molecule has 4 N–H and O–H groups in total. The largest absolute Gasteiger partial charge is 0.277 e. The summed E-state index contributed by atoms with van der Waals surface area (Å²) in [5, 5.41) is 0. The smallest absolute Gasteiger partial charge is 0.261 e. The van der Waals surface area contributed by atoms with Crippen molar-refractivity contribution in [1.82, 2.24) is 0 Å². The van der Waals surface area contributed by atoms with Crippen LogP contribution in [-0.2, 0) is 4.57 Å². The molecule has 0 unspecified atom stereocenters. The van der Waals surface area contributed by atoms with Gasteiger partial charge in [0.25, 0.3) is 6.65 Å². The van der Waals surface area contributed by atoms with Gasteiger partial charge in [0.15, 0.2) is 0 Å². The molecule has 0 aliphatic heterocycles. The van der Waals surface area contributed by atoms with Gasteiger partial charge in [-0.05, 0) is 5.92 Å². The monoisotopic (exact) mass is 168 g/mol. The first-order valence-corrected chi connectivity index (χ1v) is 6.17. The molecule has 0 saturated heterocycles.